The van der Waals surface area contributed by atoms with Crippen molar-refractivity contribution in [1.82, 2.24) is 9.38 Å². The van der Waals surface area contributed by atoms with Crippen LogP contribution >= 0.6 is 11.6 Å². The van der Waals surface area contributed by atoms with Crippen LogP contribution < -0.4 is 0 Å². The number of para-hydroxylation sites is 1. The second-order valence-corrected chi connectivity index (χ2v) is 5.90. The first-order chi connectivity index (χ1) is 10.8. The molecule has 0 aliphatic carbocycles. The highest BCUT2D eigenvalue weighted by atomic mass is 35.5. The van der Waals surface area contributed by atoms with E-state index >= 15 is 0 Å². The third-order valence-electron chi connectivity index (χ3n) is 4.22. The van der Waals surface area contributed by atoms with Gasteiger partial charge in [-0.25, -0.2) is 4.98 Å². The Balaban J connectivity index is 2.22. The Hall–Kier alpha value is -2.58. The van der Waals surface area contributed by atoms with Crippen LogP contribution in [-0.4, -0.2) is 9.38 Å². The van der Waals surface area contributed by atoms with Crippen LogP contribution in [0.3, 0.4) is 0 Å². The number of nitrogens with zero attached hydrogens (tertiary/aromatic N) is 2. The summed E-state index contributed by atoms with van der Waals surface area (Å²) in [6.07, 6.45) is 0. The molecular formula is C19H11ClN2. The number of hydrogen-bond donors (Lipinski definition) is 0. The van der Waals surface area contributed by atoms with Gasteiger partial charge in [0, 0.05) is 15.8 Å². The zero-order valence-electron chi connectivity index (χ0n) is 11.6. The summed E-state index contributed by atoms with van der Waals surface area (Å²) in [7, 11) is 0. The van der Waals surface area contributed by atoms with Gasteiger partial charge in [0.25, 0.3) is 0 Å². The number of aromatic nitrogens is 2. The molecule has 2 aromatic heterocycles. The van der Waals surface area contributed by atoms with Crippen LogP contribution in [0, 0.1) is 0 Å². The van der Waals surface area contributed by atoms with Crippen molar-refractivity contribution in [2.75, 3.05) is 0 Å². The maximum Gasteiger partial charge on any atom is 0.146 e. The molecule has 0 amide bonds. The number of pyridine rings is 1. The molecular weight excluding hydrogens is 292 g/mol. The third kappa shape index (κ3) is 1.48. The van der Waals surface area contributed by atoms with Gasteiger partial charge in [-0.3, -0.25) is 4.40 Å². The Kier molecular flexibility index (Phi) is 2.30. The molecule has 0 fully saturated rings. The van der Waals surface area contributed by atoms with Gasteiger partial charge in [-0.1, -0.05) is 54.1 Å². The molecule has 2 heterocycles. The second-order valence-electron chi connectivity index (χ2n) is 5.47. The molecule has 22 heavy (non-hydrogen) atoms. The molecule has 0 atom stereocenters. The summed E-state index contributed by atoms with van der Waals surface area (Å²) in [6, 6.07) is 22.7. The highest BCUT2D eigenvalue weighted by Crippen LogP contribution is 2.32. The fourth-order valence-corrected chi connectivity index (χ4v) is 3.45. The minimum absolute atomic E-state index is 0.728. The lowest BCUT2D eigenvalue weighted by molar-refractivity contribution is 1.31. The van der Waals surface area contributed by atoms with Gasteiger partial charge in [-0.2, -0.15) is 0 Å². The van der Waals surface area contributed by atoms with Crippen LogP contribution in [0.2, 0.25) is 5.02 Å². The smallest absolute Gasteiger partial charge is 0.146 e. The maximum absolute atomic E-state index is 6.20. The van der Waals surface area contributed by atoms with Gasteiger partial charge in [-0.15, -0.1) is 0 Å². The number of imidazole rings is 1. The molecule has 0 aliphatic heterocycles. The highest BCUT2D eigenvalue weighted by Gasteiger charge is 2.12. The molecule has 0 saturated heterocycles. The molecule has 0 N–H and O–H groups in total. The SMILES string of the molecule is Clc1ccc2nc3c4ccccc4c4ccccc4n3c2c1. The Morgan fingerprint density at radius 3 is 2.32 bits per heavy atom. The van der Waals surface area contributed by atoms with E-state index in [1.807, 2.05) is 18.2 Å². The molecule has 0 bridgehead atoms. The number of rotatable bonds is 0. The summed E-state index contributed by atoms with van der Waals surface area (Å²) >= 11 is 6.20. The Bertz CT molecular complexity index is 1190. The molecule has 5 aromatic rings. The van der Waals surface area contributed by atoms with E-state index < -0.39 is 0 Å². The van der Waals surface area contributed by atoms with Crippen molar-refractivity contribution in [3.8, 4) is 0 Å². The van der Waals surface area contributed by atoms with Crippen LogP contribution in [0.15, 0.2) is 66.7 Å². The summed E-state index contributed by atoms with van der Waals surface area (Å²) in [6.45, 7) is 0. The van der Waals surface area contributed by atoms with E-state index in [0.29, 0.717) is 0 Å². The first-order valence-corrected chi connectivity index (χ1v) is 7.58. The fourth-order valence-electron chi connectivity index (χ4n) is 3.28. The van der Waals surface area contributed by atoms with Crippen molar-refractivity contribution >= 4 is 50.0 Å². The van der Waals surface area contributed by atoms with Gasteiger partial charge in [-0.05, 0) is 29.7 Å². The number of benzene rings is 3. The molecule has 2 nitrogen and oxygen atoms in total. The molecule has 3 aromatic carbocycles. The number of halogens is 1. The quantitative estimate of drug-likeness (QED) is 0.348. The van der Waals surface area contributed by atoms with Crippen LogP contribution in [0.1, 0.15) is 0 Å². The van der Waals surface area contributed by atoms with Gasteiger partial charge in [0.05, 0.1) is 16.6 Å². The number of hydrogen-bond acceptors (Lipinski definition) is 1. The van der Waals surface area contributed by atoms with E-state index in [1.165, 1.54) is 10.8 Å². The van der Waals surface area contributed by atoms with Crippen molar-refractivity contribution < 1.29 is 0 Å². The molecule has 0 spiro atoms. The molecule has 104 valence electrons. The van der Waals surface area contributed by atoms with Crippen molar-refractivity contribution in [3.05, 3.63) is 71.8 Å². The average molecular weight is 303 g/mol. The Morgan fingerprint density at radius 2 is 1.45 bits per heavy atom. The zero-order chi connectivity index (χ0) is 14.7. The summed E-state index contributed by atoms with van der Waals surface area (Å²) in [5.74, 6) is 0. The van der Waals surface area contributed by atoms with Crippen LogP contribution in [-0.2, 0) is 0 Å². The van der Waals surface area contributed by atoms with Crippen LogP contribution in [0.5, 0.6) is 0 Å². The van der Waals surface area contributed by atoms with Gasteiger partial charge in [0.1, 0.15) is 5.65 Å². The minimum atomic E-state index is 0.728. The first kappa shape index (κ1) is 12.0. The van der Waals surface area contributed by atoms with Gasteiger partial charge >= 0.3 is 0 Å². The summed E-state index contributed by atoms with van der Waals surface area (Å²) in [5, 5.41) is 4.34. The molecule has 3 heteroatoms. The monoisotopic (exact) mass is 302 g/mol. The number of fused-ring (bicyclic) bond motifs is 8. The molecule has 0 unspecified atom stereocenters. The summed E-state index contributed by atoms with van der Waals surface area (Å²) in [4.78, 5) is 4.84. The van der Waals surface area contributed by atoms with Crippen molar-refractivity contribution in [3.63, 3.8) is 0 Å². The van der Waals surface area contributed by atoms with Gasteiger partial charge in [0.15, 0.2) is 0 Å². The predicted molar refractivity (Wildman–Crippen MR) is 92.7 cm³/mol. The normalized spacial score (nSPS) is 11.9. The van der Waals surface area contributed by atoms with Gasteiger partial charge < -0.3 is 0 Å². The van der Waals surface area contributed by atoms with E-state index in [9.17, 15) is 0 Å². The van der Waals surface area contributed by atoms with E-state index in [4.69, 9.17) is 16.6 Å². The van der Waals surface area contributed by atoms with Crippen molar-refractivity contribution in [2.45, 2.75) is 0 Å². The lowest BCUT2D eigenvalue weighted by atomic mass is 10.1. The summed E-state index contributed by atoms with van der Waals surface area (Å²) < 4.78 is 2.21. The maximum atomic E-state index is 6.20. The largest absolute Gasteiger partial charge is 0.292 e. The fraction of sp³-hybridized carbons (Fsp3) is 0. The van der Waals surface area contributed by atoms with Crippen molar-refractivity contribution in [1.29, 1.82) is 0 Å². The van der Waals surface area contributed by atoms with E-state index in [1.54, 1.807) is 0 Å². The molecule has 0 saturated carbocycles. The lowest BCUT2D eigenvalue weighted by Gasteiger charge is -2.08. The topological polar surface area (TPSA) is 17.3 Å². The standard InChI is InChI=1S/C19H11ClN2/c20-12-9-10-16-18(11-12)22-17-8-4-3-6-14(17)13-5-1-2-7-15(13)19(22)21-16/h1-11H. The van der Waals surface area contributed by atoms with Crippen molar-refractivity contribution in [2.24, 2.45) is 0 Å². The zero-order valence-corrected chi connectivity index (χ0v) is 12.4. The van der Waals surface area contributed by atoms with E-state index in [-0.39, 0.29) is 0 Å². The average Bonchev–Trinajstić information content (AvgIpc) is 2.94. The highest BCUT2D eigenvalue weighted by molar-refractivity contribution is 6.31. The second kappa shape index (κ2) is 4.21. The molecule has 0 aliphatic rings. The first-order valence-electron chi connectivity index (χ1n) is 7.20. The minimum Gasteiger partial charge on any atom is -0.292 e. The lowest BCUT2D eigenvalue weighted by Crippen LogP contribution is -1.90. The predicted octanol–water partition coefficient (Wildman–Crippen LogP) is 5.45. The Morgan fingerprint density at radius 1 is 0.727 bits per heavy atom. The van der Waals surface area contributed by atoms with Gasteiger partial charge in [0.2, 0.25) is 0 Å². The van der Waals surface area contributed by atoms with E-state index in [0.717, 1.165) is 32.6 Å². The molecule has 0 radical (unpaired) electrons. The third-order valence-corrected chi connectivity index (χ3v) is 4.45. The Labute approximate surface area is 131 Å². The summed E-state index contributed by atoms with van der Waals surface area (Å²) in [5.41, 5.74) is 4.14. The van der Waals surface area contributed by atoms with Crippen LogP contribution in [0.25, 0.3) is 38.4 Å². The van der Waals surface area contributed by atoms with Crippen LogP contribution in [0.4, 0.5) is 0 Å². The van der Waals surface area contributed by atoms with E-state index in [2.05, 4.69) is 52.9 Å². The molecule has 5 rings (SSSR count).